The molecule has 24 heavy (non-hydrogen) atoms. The Morgan fingerprint density at radius 2 is 2.29 bits per heavy atom. The number of carbonyl (C=O) groups is 1. The lowest BCUT2D eigenvalue weighted by Gasteiger charge is -2.08. The lowest BCUT2D eigenvalue weighted by atomic mass is 10.1. The fourth-order valence-electron chi connectivity index (χ4n) is 2.60. The summed E-state index contributed by atoms with van der Waals surface area (Å²) in [7, 11) is 1.61. The molecule has 124 valence electrons. The van der Waals surface area contributed by atoms with Gasteiger partial charge in [0.15, 0.2) is 0 Å². The van der Waals surface area contributed by atoms with Crippen molar-refractivity contribution in [1.82, 2.24) is 4.98 Å². The van der Waals surface area contributed by atoms with Crippen molar-refractivity contribution in [3.05, 3.63) is 59.4 Å². The van der Waals surface area contributed by atoms with Crippen LogP contribution in [0.4, 0.5) is 0 Å². The Hall–Kier alpha value is -2.82. The zero-order chi connectivity index (χ0) is 16.9. The van der Waals surface area contributed by atoms with Gasteiger partial charge in [0.1, 0.15) is 24.2 Å². The van der Waals surface area contributed by atoms with Gasteiger partial charge in [0.25, 0.3) is 0 Å². The molecule has 0 saturated carbocycles. The molecular formula is C19H19NO4. The summed E-state index contributed by atoms with van der Waals surface area (Å²) in [5.41, 5.74) is 2.60. The lowest BCUT2D eigenvalue weighted by Crippen LogP contribution is -2.05. The molecule has 0 unspecified atom stereocenters. The van der Waals surface area contributed by atoms with E-state index in [0.717, 1.165) is 23.3 Å². The van der Waals surface area contributed by atoms with Crippen molar-refractivity contribution in [2.45, 2.75) is 26.1 Å². The van der Waals surface area contributed by atoms with E-state index in [9.17, 15) is 4.79 Å². The van der Waals surface area contributed by atoms with Gasteiger partial charge in [0.05, 0.1) is 12.8 Å². The molecule has 0 bridgehead atoms. The topological polar surface area (TPSA) is 57.7 Å². The monoisotopic (exact) mass is 325 g/mol. The minimum absolute atomic E-state index is 0.145. The number of esters is 1. The smallest absolute Gasteiger partial charge is 0.331 e. The molecule has 0 fully saturated rings. The molecule has 0 spiro atoms. The minimum Gasteiger partial charge on any atom is -0.496 e. The highest BCUT2D eigenvalue weighted by atomic mass is 16.5. The number of nitrogens with zero attached hydrogens (tertiary/aromatic N) is 1. The Kier molecular flexibility index (Phi) is 4.79. The number of methoxy groups -OCH3 is 1. The van der Waals surface area contributed by atoms with Crippen LogP contribution >= 0.6 is 0 Å². The van der Waals surface area contributed by atoms with Crippen LogP contribution in [0.2, 0.25) is 0 Å². The summed E-state index contributed by atoms with van der Waals surface area (Å²) in [4.78, 5) is 16.0. The van der Waals surface area contributed by atoms with Crippen LogP contribution in [0.1, 0.15) is 23.7 Å². The van der Waals surface area contributed by atoms with E-state index in [4.69, 9.17) is 14.2 Å². The Morgan fingerprint density at radius 3 is 3.04 bits per heavy atom. The first-order valence-electron chi connectivity index (χ1n) is 7.78. The Balaban J connectivity index is 1.67. The standard InChI is InChI=1S/C19H19NO4/c1-13-9-15-11-17(22-2)14(10-18(15)24-13)6-7-19(21)23-12-16-5-3-4-8-20-16/h3-8,10-11,13H,9,12H2,1-2H3/b7-6-/t13-/m1/s1. The maximum atomic E-state index is 11.9. The van der Waals surface area contributed by atoms with Crippen molar-refractivity contribution in [3.63, 3.8) is 0 Å². The van der Waals surface area contributed by atoms with Gasteiger partial charge in [-0.1, -0.05) is 6.07 Å². The van der Waals surface area contributed by atoms with Crippen molar-refractivity contribution in [3.8, 4) is 11.5 Å². The first-order chi connectivity index (χ1) is 11.7. The molecule has 0 radical (unpaired) electrons. The number of carbonyl (C=O) groups excluding carboxylic acids is 1. The highest BCUT2D eigenvalue weighted by Gasteiger charge is 2.21. The third kappa shape index (κ3) is 3.74. The molecule has 1 atom stereocenters. The number of hydrogen-bond donors (Lipinski definition) is 0. The van der Waals surface area contributed by atoms with E-state index in [2.05, 4.69) is 4.98 Å². The second kappa shape index (κ2) is 7.17. The van der Waals surface area contributed by atoms with Crippen LogP contribution in [0.25, 0.3) is 6.08 Å². The number of rotatable bonds is 5. The molecule has 0 aliphatic carbocycles. The van der Waals surface area contributed by atoms with E-state index in [1.807, 2.05) is 31.2 Å². The van der Waals surface area contributed by atoms with E-state index in [1.54, 1.807) is 25.4 Å². The van der Waals surface area contributed by atoms with Crippen LogP contribution in [-0.4, -0.2) is 24.2 Å². The second-order valence-electron chi connectivity index (χ2n) is 5.60. The summed E-state index contributed by atoms with van der Waals surface area (Å²) in [6.07, 6.45) is 5.74. The third-order valence-corrected chi connectivity index (χ3v) is 3.74. The SMILES string of the molecule is COc1cc2c(cc1/C=C\C(=O)OCc1ccccn1)O[C@H](C)C2. The van der Waals surface area contributed by atoms with Crippen molar-refractivity contribution in [2.24, 2.45) is 0 Å². The highest BCUT2D eigenvalue weighted by Crippen LogP contribution is 2.35. The molecule has 5 nitrogen and oxygen atoms in total. The predicted octanol–water partition coefficient (Wildman–Crippen LogP) is 3.17. The summed E-state index contributed by atoms with van der Waals surface area (Å²) in [6.45, 7) is 2.17. The summed E-state index contributed by atoms with van der Waals surface area (Å²) in [6, 6.07) is 9.31. The number of pyridine rings is 1. The van der Waals surface area contributed by atoms with E-state index in [1.165, 1.54) is 6.08 Å². The fourth-order valence-corrected chi connectivity index (χ4v) is 2.60. The molecular weight excluding hydrogens is 306 g/mol. The van der Waals surface area contributed by atoms with Crippen LogP contribution < -0.4 is 9.47 Å². The van der Waals surface area contributed by atoms with Gasteiger partial charge >= 0.3 is 5.97 Å². The summed E-state index contributed by atoms with van der Waals surface area (Å²) < 4.78 is 16.3. The highest BCUT2D eigenvalue weighted by molar-refractivity contribution is 5.87. The van der Waals surface area contributed by atoms with Crippen LogP contribution in [-0.2, 0) is 22.6 Å². The zero-order valence-electron chi connectivity index (χ0n) is 13.7. The van der Waals surface area contributed by atoms with Crippen LogP contribution in [0.15, 0.2) is 42.6 Å². The molecule has 0 amide bonds. The maximum absolute atomic E-state index is 11.9. The molecule has 2 aromatic rings. The van der Waals surface area contributed by atoms with E-state index in [-0.39, 0.29) is 12.7 Å². The first-order valence-corrected chi connectivity index (χ1v) is 7.78. The fraction of sp³-hybridized carbons (Fsp3) is 0.263. The lowest BCUT2D eigenvalue weighted by molar-refractivity contribution is -0.139. The normalized spacial score (nSPS) is 15.8. The van der Waals surface area contributed by atoms with E-state index < -0.39 is 5.97 Å². The number of hydrogen-bond acceptors (Lipinski definition) is 5. The van der Waals surface area contributed by atoms with Gasteiger partial charge in [-0.25, -0.2) is 4.79 Å². The molecule has 2 heterocycles. The Morgan fingerprint density at radius 1 is 1.42 bits per heavy atom. The average Bonchev–Trinajstić information content (AvgIpc) is 2.97. The Labute approximate surface area is 140 Å². The Bertz CT molecular complexity index is 755. The van der Waals surface area contributed by atoms with Gasteiger partial charge in [-0.05, 0) is 37.3 Å². The minimum atomic E-state index is -0.433. The van der Waals surface area contributed by atoms with E-state index in [0.29, 0.717) is 11.4 Å². The van der Waals surface area contributed by atoms with Crippen molar-refractivity contribution in [1.29, 1.82) is 0 Å². The molecule has 5 heteroatoms. The molecule has 1 aromatic carbocycles. The molecule has 1 aliphatic rings. The summed E-state index contributed by atoms with van der Waals surface area (Å²) >= 11 is 0. The van der Waals surface area contributed by atoms with Gasteiger partial charge < -0.3 is 14.2 Å². The van der Waals surface area contributed by atoms with Crippen LogP contribution in [0, 0.1) is 0 Å². The van der Waals surface area contributed by atoms with Crippen molar-refractivity contribution < 1.29 is 19.0 Å². The van der Waals surface area contributed by atoms with Gasteiger partial charge in [0.2, 0.25) is 0 Å². The number of fused-ring (bicyclic) bond motifs is 1. The molecule has 1 aromatic heterocycles. The van der Waals surface area contributed by atoms with Gasteiger partial charge in [0, 0.05) is 29.8 Å². The molecule has 0 saturated heterocycles. The van der Waals surface area contributed by atoms with Gasteiger partial charge in [-0.2, -0.15) is 0 Å². The predicted molar refractivity (Wildman–Crippen MR) is 89.9 cm³/mol. The van der Waals surface area contributed by atoms with Crippen molar-refractivity contribution in [2.75, 3.05) is 7.11 Å². The molecule has 3 rings (SSSR count). The number of benzene rings is 1. The summed E-state index contributed by atoms with van der Waals surface area (Å²) in [5.74, 6) is 1.11. The largest absolute Gasteiger partial charge is 0.496 e. The summed E-state index contributed by atoms with van der Waals surface area (Å²) in [5, 5.41) is 0. The molecule has 1 aliphatic heterocycles. The number of aromatic nitrogens is 1. The number of ether oxygens (including phenoxy) is 3. The average molecular weight is 325 g/mol. The second-order valence-corrected chi connectivity index (χ2v) is 5.60. The molecule has 0 N–H and O–H groups in total. The van der Waals surface area contributed by atoms with Crippen molar-refractivity contribution >= 4 is 12.0 Å². The van der Waals surface area contributed by atoms with Crippen LogP contribution in [0.5, 0.6) is 11.5 Å². The van der Waals surface area contributed by atoms with E-state index >= 15 is 0 Å². The maximum Gasteiger partial charge on any atom is 0.331 e. The quantitative estimate of drug-likeness (QED) is 0.624. The van der Waals surface area contributed by atoms with Gasteiger partial charge in [-0.3, -0.25) is 4.98 Å². The van der Waals surface area contributed by atoms with Crippen LogP contribution in [0.3, 0.4) is 0 Å². The first kappa shape index (κ1) is 16.1. The third-order valence-electron chi connectivity index (χ3n) is 3.74. The zero-order valence-corrected chi connectivity index (χ0v) is 13.7. The van der Waals surface area contributed by atoms with Gasteiger partial charge in [-0.15, -0.1) is 0 Å².